The normalized spacial score (nSPS) is 12.7. The van der Waals surface area contributed by atoms with E-state index in [2.05, 4.69) is 171 Å². The van der Waals surface area contributed by atoms with E-state index >= 15 is 0 Å². The van der Waals surface area contributed by atoms with Crippen LogP contribution in [0, 0.1) is 75.3 Å². The van der Waals surface area contributed by atoms with Gasteiger partial charge in [0.15, 0.2) is 12.2 Å². The number of benzene rings is 8. The second kappa shape index (κ2) is 52.6. The molecule has 0 aliphatic carbocycles. The van der Waals surface area contributed by atoms with Gasteiger partial charge in [-0.1, -0.05) is 108 Å². The molecule has 2 saturated heterocycles. The number of carbonyl (C=O) groups excluding carboxylic acids is 5. The van der Waals surface area contributed by atoms with Crippen LogP contribution in [0.25, 0.3) is 0 Å². The number of aryl methyl sites for hydroxylation is 8. The summed E-state index contributed by atoms with van der Waals surface area (Å²) in [6.45, 7) is 47.5. The van der Waals surface area contributed by atoms with Crippen LogP contribution in [0.5, 0.6) is 11.5 Å². The summed E-state index contributed by atoms with van der Waals surface area (Å²) in [4.78, 5) is 63.4. The average molecular weight is 1790 g/mol. The van der Waals surface area contributed by atoms with Crippen molar-refractivity contribution < 1.29 is 84.2 Å². The van der Waals surface area contributed by atoms with E-state index in [0.29, 0.717) is 11.1 Å². The summed E-state index contributed by atoms with van der Waals surface area (Å²) in [7, 11) is 23.3. The molecule has 0 radical (unpaired) electrons. The fourth-order valence-electron chi connectivity index (χ4n) is 11.3. The topological polar surface area (TPSA) is 163 Å². The Bertz CT molecular complexity index is 4190. The van der Waals surface area contributed by atoms with E-state index in [0.717, 1.165) is 48.8 Å². The molecule has 10 rings (SSSR count). The van der Waals surface area contributed by atoms with Crippen molar-refractivity contribution in [3.8, 4) is 11.5 Å². The van der Waals surface area contributed by atoms with Gasteiger partial charge in [-0.25, -0.2) is 9.59 Å². The predicted molar refractivity (Wildman–Crippen MR) is 459 cm³/mol. The van der Waals surface area contributed by atoms with Gasteiger partial charge in [0.1, 0.15) is 25.9 Å². The third kappa shape index (κ3) is 37.8. The van der Waals surface area contributed by atoms with Crippen molar-refractivity contribution in [3.05, 3.63) is 299 Å². The Morgan fingerprint density at radius 2 is 0.726 bits per heavy atom. The van der Waals surface area contributed by atoms with Crippen LogP contribution < -0.4 is 29.1 Å². The van der Waals surface area contributed by atoms with E-state index < -0.39 is 27.0 Å². The number of rotatable bonds is 22. The molecule has 113 heavy (non-hydrogen) atoms. The molecule has 0 bridgehead atoms. The van der Waals surface area contributed by atoms with Crippen LogP contribution in [0.3, 0.4) is 0 Å². The van der Waals surface area contributed by atoms with Crippen LogP contribution in [-0.4, -0.2) is 109 Å². The molecule has 0 amide bonds. The Labute approximate surface area is 697 Å². The van der Waals surface area contributed by atoms with Crippen molar-refractivity contribution in [3.63, 3.8) is 0 Å². The van der Waals surface area contributed by atoms with Crippen LogP contribution in [0.1, 0.15) is 139 Å². The molecule has 2 atom stereocenters. The molecule has 610 valence electrons. The van der Waals surface area contributed by atoms with Gasteiger partial charge in [0.2, 0.25) is 6.58 Å². The van der Waals surface area contributed by atoms with Gasteiger partial charge in [-0.2, -0.15) is 13.3 Å². The molecule has 16 nitrogen and oxygen atoms in total. The van der Waals surface area contributed by atoms with E-state index in [4.69, 9.17) is 69.0 Å². The molecule has 2 aliphatic heterocycles. The second-order valence-corrected chi connectivity index (χ2v) is 38.0. The van der Waals surface area contributed by atoms with Crippen molar-refractivity contribution in [1.82, 2.24) is 0 Å². The summed E-state index contributed by atoms with van der Waals surface area (Å²) in [5.41, 5.74) is 19.1. The minimum absolute atomic E-state index is 0.163. The van der Waals surface area contributed by atoms with Gasteiger partial charge < -0.3 is 43.3 Å². The maximum atomic E-state index is 11.7. The molecular formula is C91H109Cl4N4O12Ru2-. The number of carbonyl (C=O) groups is 5. The number of esters is 5. The summed E-state index contributed by atoms with van der Waals surface area (Å²) >= 11 is -3.54. The summed E-state index contributed by atoms with van der Waals surface area (Å²) in [5.74, 6) is -0.0205. The Kier molecular flexibility index (Phi) is 44.9. The standard InChI is InChI=1S/C21H27N2.C17H19N2.C14H16O4.C11H11O2.2C10H12O.C8H12O4.4ClH.2Ru/c1-14-9-16(3)20(17(4)10-14)22-7-8-23(13-22)21-18(5)11-15(2)12-19(21)6;1-14-7-3-5-9-16(14)18-11-12-19(13-18)17-10-6-4-8-15(17)2;1-11(7-6-10-17-12(2)15)18-14(16)13-8-4-3-5-9-13;1-3-9(2)13-11(12)10-7-5-4-6-8-10;2*1-8(2)11-10-7-5-4-6-9(10)3;1-7(9)11-5-3-4-6-12-8(2)10;;;;;;/h9-13H,7-8H2,1-6H3;3-10,13H,11-12H2,1-2H3;3-9,11H,10H2,1-2H3;1,3-9H,2H3;2*3-8H,1-2H3;3-4H,5-6H2,1-2H3;4*1H;;/q2*-1;;+1;;;;;;;;2*+2/p-4/b;;7-6+;;;;4-3-;;;;;;. The Hall–Kier alpha value is -8.81. The number of halogens is 4. The SMILES string of the molecule is CC(=O)OC/C=C/C(C)OC(=O)c1ccccc1.CC(=O)OC/C=C\COC(C)=O.CC(C)Oc1ccccc1[CH]=[Ru]([Cl])[Cl].CC(C)Oc1ccccc1[CH]=[Ru]([Cl])[Cl].Cc1cc(C)c(N2[CH-]N(c3c(C)cc(C)cc3C)CC2)c(C)c1.Cc1ccccc1N1[CH-]N(c2ccccc2C)CC1.[CH+]=CC(C)OC(=O)c1ccccc1. The molecule has 2 heterocycles. The van der Waals surface area contributed by atoms with Crippen LogP contribution in [0.2, 0.25) is 0 Å². The van der Waals surface area contributed by atoms with Gasteiger partial charge in [0.25, 0.3) is 0 Å². The first-order chi connectivity index (χ1) is 53.8. The van der Waals surface area contributed by atoms with Crippen molar-refractivity contribution in [2.45, 2.75) is 142 Å². The molecule has 2 fully saturated rings. The van der Waals surface area contributed by atoms with Gasteiger partial charge in [-0.15, -0.1) is 0 Å². The molecule has 2 unspecified atom stereocenters. The first kappa shape index (κ1) is 96.6. The number of hydrogen-bond donors (Lipinski definition) is 0. The van der Waals surface area contributed by atoms with E-state index in [-0.39, 0.29) is 74.1 Å². The summed E-state index contributed by atoms with van der Waals surface area (Å²) in [6, 6.07) is 59.3. The summed E-state index contributed by atoms with van der Waals surface area (Å²) in [5, 5.41) is 0. The fourth-order valence-corrected chi connectivity index (χ4v) is 14.9. The summed E-state index contributed by atoms with van der Waals surface area (Å²) in [6.07, 6.45) is 7.48. The minimum atomic E-state index is -1.77. The summed E-state index contributed by atoms with van der Waals surface area (Å²) < 4.78 is 39.1. The fraction of sp³-hybridized carbons (Fsp3) is 0.308. The molecule has 0 spiro atoms. The number of ether oxygens (including phenoxy) is 7. The molecule has 22 heteroatoms. The van der Waals surface area contributed by atoms with Gasteiger partial charge >= 0.3 is 225 Å². The van der Waals surface area contributed by atoms with Gasteiger partial charge in [0, 0.05) is 69.7 Å². The molecule has 0 aromatic heterocycles. The molecule has 8 aromatic carbocycles. The second-order valence-electron chi connectivity index (χ2n) is 26.5. The van der Waals surface area contributed by atoms with Crippen LogP contribution >= 0.6 is 38.8 Å². The maximum absolute atomic E-state index is 11.7. The zero-order valence-electron chi connectivity index (χ0n) is 67.8. The largest absolute Gasteiger partial charge is 0.502 e. The van der Waals surface area contributed by atoms with Crippen LogP contribution in [-0.2, 0) is 65.1 Å². The number of nitrogens with zero attached hydrogens (tertiary/aromatic N) is 4. The first-order valence-corrected chi connectivity index (χ1v) is 47.7. The number of hydrogen-bond acceptors (Lipinski definition) is 16. The van der Waals surface area contributed by atoms with Crippen molar-refractivity contribution in [2.24, 2.45) is 0 Å². The Balaban J connectivity index is 0.000000281. The minimum Gasteiger partial charge on any atom is -0.502 e. The maximum Gasteiger partial charge on any atom is 0.338 e. The Morgan fingerprint density at radius 3 is 1.06 bits per heavy atom. The molecule has 0 saturated carbocycles. The van der Waals surface area contributed by atoms with Crippen molar-refractivity contribution in [1.29, 1.82) is 0 Å². The van der Waals surface area contributed by atoms with Crippen molar-refractivity contribution >= 4 is 101 Å². The predicted octanol–water partition coefficient (Wildman–Crippen LogP) is 21.1. The third-order valence-electron chi connectivity index (χ3n) is 16.0. The quantitative estimate of drug-likeness (QED) is 0.0207. The zero-order valence-corrected chi connectivity index (χ0v) is 74.3. The van der Waals surface area contributed by atoms with Gasteiger partial charge in [-0.05, 0) is 163 Å². The van der Waals surface area contributed by atoms with E-state index in [1.165, 1.54) is 94.1 Å². The van der Waals surface area contributed by atoms with Gasteiger partial charge in [0.05, 0.1) is 11.1 Å². The smallest absolute Gasteiger partial charge is 0.338 e. The molecule has 8 aromatic rings. The van der Waals surface area contributed by atoms with Crippen LogP contribution in [0.4, 0.5) is 22.7 Å². The zero-order chi connectivity index (χ0) is 83.5. The number of para-hydroxylation sites is 4. The van der Waals surface area contributed by atoms with E-state index in [9.17, 15) is 24.0 Å². The number of anilines is 4. The molecule has 0 N–H and O–H groups in total. The molecular weight excluding hydrogens is 1680 g/mol. The first-order valence-electron chi connectivity index (χ1n) is 36.8. The van der Waals surface area contributed by atoms with Crippen LogP contribution in [0.15, 0.2) is 212 Å². The van der Waals surface area contributed by atoms with Crippen molar-refractivity contribution in [2.75, 3.05) is 65.6 Å². The van der Waals surface area contributed by atoms with Gasteiger partial charge in [-0.3, -0.25) is 14.4 Å². The Morgan fingerprint density at radius 1 is 0.416 bits per heavy atom. The third-order valence-corrected chi connectivity index (χ3v) is 19.6. The molecule has 2 aliphatic rings. The van der Waals surface area contributed by atoms with E-state index in [1.54, 1.807) is 86.7 Å². The van der Waals surface area contributed by atoms with E-state index in [1.807, 2.05) is 97.6 Å². The monoisotopic (exact) mass is 1790 g/mol. The average Bonchev–Trinajstić information content (AvgIpc) is 1.53.